The maximum atomic E-state index is 13.2. The molecule has 0 amide bonds. The smallest absolute Gasteiger partial charge is 0.275 e. The number of nitrogens with zero attached hydrogens (tertiary/aromatic N) is 2. The number of ether oxygens (including phenoxy) is 1. The van der Waals surface area contributed by atoms with E-state index in [1.165, 1.54) is 30.3 Å². The SMILES string of the molecule is O=[N+]([O-])c1cc(Oc2ccc(F)c(Cl)c2)cc(N2CCCC2)c1. The topological polar surface area (TPSA) is 55.6 Å². The van der Waals surface area contributed by atoms with Gasteiger partial charge in [-0.3, -0.25) is 10.1 Å². The van der Waals surface area contributed by atoms with Crippen LogP contribution < -0.4 is 9.64 Å². The van der Waals surface area contributed by atoms with Crippen molar-refractivity contribution in [3.63, 3.8) is 0 Å². The van der Waals surface area contributed by atoms with E-state index in [0.717, 1.165) is 31.6 Å². The first-order valence-corrected chi connectivity index (χ1v) is 7.58. The van der Waals surface area contributed by atoms with Gasteiger partial charge in [-0.25, -0.2) is 4.39 Å². The normalized spacial score (nSPS) is 14.1. The number of benzene rings is 2. The van der Waals surface area contributed by atoms with Crippen LogP contribution in [0.3, 0.4) is 0 Å². The molecule has 1 fully saturated rings. The largest absolute Gasteiger partial charge is 0.457 e. The number of nitro benzene ring substituents is 1. The van der Waals surface area contributed by atoms with Gasteiger partial charge < -0.3 is 9.64 Å². The van der Waals surface area contributed by atoms with Crippen LogP contribution in [-0.4, -0.2) is 18.0 Å². The molecule has 0 atom stereocenters. The quantitative estimate of drug-likeness (QED) is 0.595. The second-order valence-electron chi connectivity index (χ2n) is 5.31. The fourth-order valence-electron chi connectivity index (χ4n) is 2.57. The lowest BCUT2D eigenvalue weighted by Crippen LogP contribution is -2.17. The summed E-state index contributed by atoms with van der Waals surface area (Å²) < 4.78 is 18.8. The summed E-state index contributed by atoms with van der Waals surface area (Å²) in [6.07, 6.45) is 2.12. The van der Waals surface area contributed by atoms with Crippen LogP contribution in [0.15, 0.2) is 36.4 Å². The van der Waals surface area contributed by atoms with E-state index in [2.05, 4.69) is 4.90 Å². The standard InChI is InChI=1S/C16H14ClFN2O3/c17-15-10-13(3-4-16(15)18)23-14-8-11(19-5-1-2-6-19)7-12(9-14)20(21)22/h3-4,7-10H,1-2,5-6H2. The lowest BCUT2D eigenvalue weighted by molar-refractivity contribution is -0.384. The summed E-state index contributed by atoms with van der Waals surface area (Å²) in [5.41, 5.74) is 0.706. The second-order valence-corrected chi connectivity index (χ2v) is 5.72. The molecule has 0 bridgehead atoms. The van der Waals surface area contributed by atoms with E-state index in [1.54, 1.807) is 6.07 Å². The molecule has 0 N–H and O–H groups in total. The van der Waals surface area contributed by atoms with Gasteiger partial charge in [0.05, 0.1) is 16.0 Å². The number of anilines is 1. The molecule has 5 nitrogen and oxygen atoms in total. The monoisotopic (exact) mass is 336 g/mol. The Hall–Kier alpha value is -2.34. The van der Waals surface area contributed by atoms with Crippen molar-refractivity contribution in [2.24, 2.45) is 0 Å². The first kappa shape index (κ1) is 15.6. The van der Waals surface area contributed by atoms with E-state index < -0.39 is 10.7 Å². The van der Waals surface area contributed by atoms with E-state index in [1.807, 2.05) is 0 Å². The maximum absolute atomic E-state index is 13.2. The third-order valence-corrected chi connectivity index (χ3v) is 3.97. The van der Waals surface area contributed by atoms with Crippen LogP contribution in [-0.2, 0) is 0 Å². The molecule has 120 valence electrons. The Labute approximate surface area is 137 Å². The van der Waals surface area contributed by atoms with Crippen molar-refractivity contribution in [2.75, 3.05) is 18.0 Å². The van der Waals surface area contributed by atoms with Gasteiger partial charge in [-0.05, 0) is 25.0 Å². The highest BCUT2D eigenvalue weighted by molar-refractivity contribution is 6.30. The zero-order valence-corrected chi connectivity index (χ0v) is 12.9. The summed E-state index contributed by atoms with van der Waals surface area (Å²) >= 11 is 5.73. The summed E-state index contributed by atoms with van der Waals surface area (Å²) in [4.78, 5) is 12.8. The average Bonchev–Trinajstić information content (AvgIpc) is 3.05. The minimum absolute atomic E-state index is 0.0439. The number of non-ortho nitro benzene ring substituents is 1. The Kier molecular flexibility index (Phi) is 4.34. The molecule has 0 aromatic heterocycles. The van der Waals surface area contributed by atoms with Crippen molar-refractivity contribution in [2.45, 2.75) is 12.8 Å². The fourth-order valence-corrected chi connectivity index (χ4v) is 2.74. The Bertz CT molecular complexity index is 748. The van der Waals surface area contributed by atoms with Crippen molar-refractivity contribution < 1.29 is 14.1 Å². The Morgan fingerprint density at radius 1 is 1.13 bits per heavy atom. The van der Waals surface area contributed by atoms with Gasteiger partial charge in [0, 0.05) is 37.0 Å². The molecule has 2 aromatic rings. The molecule has 0 aliphatic carbocycles. The van der Waals surface area contributed by atoms with E-state index >= 15 is 0 Å². The predicted octanol–water partition coefficient (Wildman–Crippen LogP) is 4.78. The summed E-state index contributed by atoms with van der Waals surface area (Å²) in [7, 11) is 0. The Morgan fingerprint density at radius 2 is 1.87 bits per heavy atom. The molecule has 2 aromatic carbocycles. The van der Waals surface area contributed by atoms with Gasteiger partial charge >= 0.3 is 0 Å². The van der Waals surface area contributed by atoms with Crippen molar-refractivity contribution in [3.8, 4) is 11.5 Å². The first-order valence-electron chi connectivity index (χ1n) is 7.20. The van der Waals surface area contributed by atoms with Crippen molar-refractivity contribution >= 4 is 23.0 Å². The minimum atomic E-state index is -0.546. The van der Waals surface area contributed by atoms with Crippen LogP contribution in [0.2, 0.25) is 5.02 Å². The van der Waals surface area contributed by atoms with E-state index in [4.69, 9.17) is 16.3 Å². The Morgan fingerprint density at radius 3 is 2.52 bits per heavy atom. The Balaban J connectivity index is 1.93. The van der Waals surface area contributed by atoms with Crippen LogP contribution in [0.1, 0.15) is 12.8 Å². The first-order chi connectivity index (χ1) is 11.0. The molecule has 0 unspecified atom stereocenters. The second kappa shape index (κ2) is 6.42. The summed E-state index contributed by atoms with van der Waals surface area (Å²) in [6, 6.07) is 8.58. The third-order valence-electron chi connectivity index (χ3n) is 3.68. The van der Waals surface area contributed by atoms with Crippen LogP contribution >= 0.6 is 11.6 Å². The lowest BCUT2D eigenvalue weighted by atomic mass is 10.2. The number of halogens is 2. The van der Waals surface area contributed by atoms with Crippen molar-refractivity contribution in [1.82, 2.24) is 0 Å². The predicted molar refractivity (Wildman–Crippen MR) is 86.0 cm³/mol. The molecule has 1 saturated heterocycles. The van der Waals surface area contributed by atoms with Gasteiger partial charge in [-0.15, -0.1) is 0 Å². The maximum Gasteiger partial charge on any atom is 0.275 e. The van der Waals surface area contributed by atoms with Crippen LogP contribution in [0.25, 0.3) is 0 Å². The zero-order valence-electron chi connectivity index (χ0n) is 12.2. The van der Waals surface area contributed by atoms with Crippen LogP contribution in [0, 0.1) is 15.9 Å². The number of rotatable bonds is 4. The molecule has 0 radical (unpaired) electrons. The van der Waals surface area contributed by atoms with Gasteiger partial charge in [0.25, 0.3) is 5.69 Å². The van der Waals surface area contributed by atoms with Crippen LogP contribution in [0.4, 0.5) is 15.8 Å². The number of nitro groups is 1. The molecule has 1 aliphatic rings. The van der Waals surface area contributed by atoms with Crippen molar-refractivity contribution in [1.29, 1.82) is 0 Å². The van der Waals surface area contributed by atoms with Gasteiger partial charge in [0.15, 0.2) is 0 Å². The molecular formula is C16H14ClFN2O3. The number of hydrogen-bond donors (Lipinski definition) is 0. The molecular weight excluding hydrogens is 323 g/mol. The molecule has 3 rings (SSSR count). The summed E-state index contributed by atoms with van der Waals surface area (Å²) in [6.45, 7) is 1.73. The molecule has 1 heterocycles. The lowest BCUT2D eigenvalue weighted by Gasteiger charge is -2.18. The van der Waals surface area contributed by atoms with E-state index in [9.17, 15) is 14.5 Å². The van der Waals surface area contributed by atoms with Gasteiger partial charge in [-0.1, -0.05) is 11.6 Å². The highest BCUT2D eigenvalue weighted by Crippen LogP contribution is 2.33. The molecule has 1 aliphatic heterocycles. The van der Waals surface area contributed by atoms with Crippen molar-refractivity contribution in [3.05, 3.63) is 57.4 Å². The van der Waals surface area contributed by atoms with Gasteiger partial charge in [-0.2, -0.15) is 0 Å². The average molecular weight is 337 g/mol. The summed E-state index contributed by atoms with van der Waals surface area (Å²) in [5, 5.41) is 11.1. The third kappa shape index (κ3) is 3.53. The zero-order chi connectivity index (χ0) is 16.4. The fraction of sp³-hybridized carbons (Fsp3) is 0.250. The molecule has 0 saturated carbocycles. The van der Waals surface area contributed by atoms with Gasteiger partial charge in [0.2, 0.25) is 0 Å². The molecule has 0 spiro atoms. The number of hydrogen-bond acceptors (Lipinski definition) is 4. The highest BCUT2D eigenvalue weighted by Gasteiger charge is 2.18. The highest BCUT2D eigenvalue weighted by atomic mass is 35.5. The van der Waals surface area contributed by atoms with E-state index in [-0.39, 0.29) is 10.7 Å². The van der Waals surface area contributed by atoms with Crippen LogP contribution in [0.5, 0.6) is 11.5 Å². The van der Waals surface area contributed by atoms with E-state index in [0.29, 0.717) is 11.5 Å². The van der Waals surface area contributed by atoms with Gasteiger partial charge in [0.1, 0.15) is 17.3 Å². The molecule has 23 heavy (non-hydrogen) atoms. The summed E-state index contributed by atoms with van der Waals surface area (Å²) in [5.74, 6) is 0.101. The minimum Gasteiger partial charge on any atom is -0.457 e. The molecule has 7 heteroatoms.